The number of nitrogens with one attached hydrogen (secondary N) is 1. The van der Waals surface area contributed by atoms with Crippen LogP contribution in [-0.4, -0.2) is 25.7 Å². The first-order chi connectivity index (χ1) is 7.79. The molecule has 0 aliphatic carbocycles. The Hall–Kier alpha value is -2.68. The molecule has 2 rings (SSSR count). The van der Waals surface area contributed by atoms with Crippen LogP contribution in [0.5, 0.6) is 5.75 Å². The summed E-state index contributed by atoms with van der Waals surface area (Å²) in [6.07, 6.45) is 1.57. The van der Waals surface area contributed by atoms with Crippen molar-refractivity contribution in [2.24, 2.45) is 0 Å². The molecule has 6 heteroatoms. The predicted molar refractivity (Wildman–Crippen MR) is 55.8 cm³/mol. The zero-order chi connectivity index (χ0) is 11.4. The maximum Gasteiger partial charge on any atom is 0.215 e. The fraction of sp³-hybridized carbons (Fsp3) is 0. The molecule has 2 N–H and O–H groups in total. The minimum absolute atomic E-state index is 0.138. The molecule has 16 heavy (non-hydrogen) atoms. The summed E-state index contributed by atoms with van der Waals surface area (Å²) in [6, 6.07) is 8.51. The molecular formula is C10H7N5O. The van der Waals surface area contributed by atoms with Crippen molar-refractivity contribution >= 4 is 11.6 Å². The summed E-state index contributed by atoms with van der Waals surface area (Å²) >= 11 is 0. The van der Waals surface area contributed by atoms with Crippen molar-refractivity contribution in [2.75, 3.05) is 0 Å². The molecule has 1 aromatic carbocycles. The van der Waals surface area contributed by atoms with E-state index >= 15 is 0 Å². The van der Waals surface area contributed by atoms with E-state index in [2.05, 4.69) is 20.6 Å². The minimum Gasteiger partial charge on any atom is -0.508 e. The van der Waals surface area contributed by atoms with Crippen LogP contribution in [-0.2, 0) is 0 Å². The first kappa shape index (κ1) is 9.86. The van der Waals surface area contributed by atoms with Crippen LogP contribution >= 0.6 is 0 Å². The SMILES string of the molecule is N#C/C(=C\c1cccc(O)c1)c1nn[nH]n1. The van der Waals surface area contributed by atoms with Gasteiger partial charge >= 0.3 is 0 Å². The van der Waals surface area contributed by atoms with Gasteiger partial charge in [0, 0.05) is 0 Å². The van der Waals surface area contributed by atoms with Crippen LogP contribution in [0.4, 0.5) is 0 Å². The van der Waals surface area contributed by atoms with E-state index in [-0.39, 0.29) is 17.1 Å². The summed E-state index contributed by atoms with van der Waals surface area (Å²) in [6.45, 7) is 0. The van der Waals surface area contributed by atoms with Gasteiger partial charge in [0.25, 0.3) is 0 Å². The Balaban J connectivity index is 2.40. The number of nitriles is 1. The van der Waals surface area contributed by atoms with Crippen molar-refractivity contribution in [1.29, 1.82) is 5.26 Å². The highest BCUT2D eigenvalue weighted by Gasteiger charge is 2.05. The Bertz CT molecular complexity index is 553. The molecule has 0 atom stereocenters. The number of hydrogen-bond acceptors (Lipinski definition) is 5. The highest BCUT2D eigenvalue weighted by Crippen LogP contribution is 2.16. The van der Waals surface area contributed by atoms with E-state index in [4.69, 9.17) is 5.26 Å². The molecule has 0 aliphatic heterocycles. The number of aromatic hydroxyl groups is 1. The molecular weight excluding hydrogens is 206 g/mol. The monoisotopic (exact) mass is 213 g/mol. The summed E-state index contributed by atoms with van der Waals surface area (Å²) in [5, 5.41) is 31.2. The summed E-state index contributed by atoms with van der Waals surface area (Å²) in [7, 11) is 0. The van der Waals surface area contributed by atoms with Gasteiger partial charge in [-0.25, -0.2) is 0 Å². The normalized spacial score (nSPS) is 11.1. The Kier molecular flexibility index (Phi) is 2.61. The van der Waals surface area contributed by atoms with E-state index in [9.17, 15) is 5.11 Å². The molecule has 0 fully saturated rings. The van der Waals surface area contributed by atoms with E-state index in [1.807, 2.05) is 6.07 Å². The molecule has 2 aromatic rings. The van der Waals surface area contributed by atoms with Gasteiger partial charge in [0.15, 0.2) is 0 Å². The molecule has 0 aliphatic rings. The third-order valence-corrected chi connectivity index (χ3v) is 1.89. The van der Waals surface area contributed by atoms with Crippen molar-refractivity contribution in [3.05, 3.63) is 35.7 Å². The van der Waals surface area contributed by atoms with E-state index in [0.717, 1.165) is 0 Å². The lowest BCUT2D eigenvalue weighted by atomic mass is 10.1. The lowest BCUT2D eigenvalue weighted by Gasteiger charge is -1.95. The smallest absolute Gasteiger partial charge is 0.215 e. The van der Waals surface area contributed by atoms with Gasteiger partial charge < -0.3 is 5.11 Å². The molecule has 0 unspecified atom stereocenters. The number of H-pyrrole nitrogens is 1. The number of aromatic nitrogens is 4. The topological polar surface area (TPSA) is 98.5 Å². The Labute approximate surface area is 90.9 Å². The maximum absolute atomic E-state index is 9.27. The number of phenols is 1. The van der Waals surface area contributed by atoms with Crippen molar-refractivity contribution in [3.63, 3.8) is 0 Å². The highest BCUT2D eigenvalue weighted by atomic mass is 16.3. The van der Waals surface area contributed by atoms with Gasteiger partial charge in [0.1, 0.15) is 17.4 Å². The van der Waals surface area contributed by atoms with Gasteiger partial charge in [-0.05, 0) is 29.0 Å². The number of rotatable bonds is 2. The number of phenolic OH excluding ortho intramolecular Hbond substituents is 1. The molecule has 0 bridgehead atoms. The van der Waals surface area contributed by atoms with Crippen molar-refractivity contribution < 1.29 is 5.11 Å². The number of hydrogen-bond donors (Lipinski definition) is 2. The van der Waals surface area contributed by atoms with Crippen LogP contribution in [0.15, 0.2) is 24.3 Å². The fourth-order valence-electron chi connectivity index (χ4n) is 1.20. The van der Waals surface area contributed by atoms with E-state index in [0.29, 0.717) is 5.56 Å². The van der Waals surface area contributed by atoms with Gasteiger partial charge in [-0.15, -0.1) is 10.2 Å². The van der Waals surface area contributed by atoms with Crippen LogP contribution in [0, 0.1) is 11.3 Å². The molecule has 0 spiro atoms. The van der Waals surface area contributed by atoms with E-state index in [1.165, 1.54) is 6.07 Å². The molecule has 0 saturated heterocycles. The third-order valence-electron chi connectivity index (χ3n) is 1.89. The highest BCUT2D eigenvalue weighted by molar-refractivity contribution is 5.86. The van der Waals surface area contributed by atoms with E-state index < -0.39 is 0 Å². The van der Waals surface area contributed by atoms with Crippen LogP contribution < -0.4 is 0 Å². The number of tetrazole rings is 1. The fourth-order valence-corrected chi connectivity index (χ4v) is 1.20. The Morgan fingerprint density at radius 3 is 3.00 bits per heavy atom. The largest absolute Gasteiger partial charge is 0.508 e. The Morgan fingerprint density at radius 1 is 1.50 bits per heavy atom. The molecule has 6 nitrogen and oxygen atoms in total. The quantitative estimate of drug-likeness (QED) is 0.724. The van der Waals surface area contributed by atoms with Crippen LogP contribution in [0.2, 0.25) is 0 Å². The summed E-state index contributed by atoms with van der Waals surface area (Å²) in [4.78, 5) is 0. The molecule has 0 radical (unpaired) electrons. The molecule has 0 amide bonds. The first-order valence-corrected chi connectivity index (χ1v) is 4.44. The lowest BCUT2D eigenvalue weighted by Crippen LogP contribution is -1.85. The van der Waals surface area contributed by atoms with Crippen molar-refractivity contribution in [3.8, 4) is 11.8 Å². The zero-order valence-corrected chi connectivity index (χ0v) is 8.12. The second-order valence-electron chi connectivity index (χ2n) is 3.00. The lowest BCUT2D eigenvalue weighted by molar-refractivity contribution is 0.475. The van der Waals surface area contributed by atoms with Gasteiger partial charge in [0.05, 0.1) is 0 Å². The number of benzene rings is 1. The Morgan fingerprint density at radius 2 is 2.38 bits per heavy atom. The second kappa shape index (κ2) is 4.23. The van der Waals surface area contributed by atoms with Crippen LogP contribution in [0.3, 0.4) is 0 Å². The third kappa shape index (κ3) is 2.04. The van der Waals surface area contributed by atoms with Crippen molar-refractivity contribution in [1.82, 2.24) is 20.6 Å². The van der Waals surface area contributed by atoms with Gasteiger partial charge in [-0.1, -0.05) is 12.1 Å². The van der Waals surface area contributed by atoms with Gasteiger partial charge in [-0.3, -0.25) is 0 Å². The maximum atomic E-state index is 9.27. The molecule has 78 valence electrons. The van der Waals surface area contributed by atoms with Gasteiger partial charge in [0.2, 0.25) is 5.82 Å². The number of nitrogens with zero attached hydrogens (tertiary/aromatic N) is 4. The standard InChI is InChI=1S/C10H7N5O/c11-6-8(10-12-14-15-13-10)4-7-2-1-3-9(16)5-7/h1-5,16H,(H,12,13,14,15)/b8-4+. The minimum atomic E-state index is 0.138. The first-order valence-electron chi connectivity index (χ1n) is 4.44. The van der Waals surface area contributed by atoms with Crippen LogP contribution in [0.1, 0.15) is 11.4 Å². The van der Waals surface area contributed by atoms with Crippen molar-refractivity contribution in [2.45, 2.75) is 0 Å². The molecule has 1 heterocycles. The zero-order valence-electron chi connectivity index (χ0n) is 8.12. The van der Waals surface area contributed by atoms with Crippen LogP contribution in [0.25, 0.3) is 11.6 Å². The summed E-state index contributed by atoms with van der Waals surface area (Å²) < 4.78 is 0. The average molecular weight is 213 g/mol. The summed E-state index contributed by atoms with van der Waals surface area (Å²) in [5.41, 5.74) is 0.973. The predicted octanol–water partition coefficient (Wildman–Crippen LogP) is 0.969. The number of allylic oxidation sites excluding steroid dienone is 1. The number of aromatic amines is 1. The second-order valence-corrected chi connectivity index (χ2v) is 3.00. The summed E-state index contributed by atoms with van der Waals surface area (Å²) in [5.74, 6) is 0.366. The van der Waals surface area contributed by atoms with E-state index in [1.54, 1.807) is 24.3 Å². The molecule has 1 aromatic heterocycles. The van der Waals surface area contributed by atoms with Gasteiger partial charge in [-0.2, -0.15) is 10.5 Å². The molecule has 0 saturated carbocycles. The average Bonchev–Trinajstić information content (AvgIpc) is 2.79.